The zero-order valence-electron chi connectivity index (χ0n) is 61.6. The molecule has 4 atom stereocenters. The van der Waals surface area contributed by atoms with Crippen LogP contribution in [0.15, 0.2) is 218 Å². The largest absolute Gasteiger partial charge is 2.00 e. The summed E-state index contributed by atoms with van der Waals surface area (Å²) in [5.74, 6) is -4.48. The molecule has 6 N–H and O–H groups in total. The van der Waals surface area contributed by atoms with Crippen LogP contribution in [0.3, 0.4) is 0 Å². The monoisotopic (exact) mass is 1510 g/mol. The van der Waals surface area contributed by atoms with Gasteiger partial charge in [0.15, 0.2) is 11.4 Å². The minimum atomic E-state index is -1.39. The van der Waals surface area contributed by atoms with E-state index in [9.17, 15) is 68.2 Å². The average Bonchev–Trinajstić information content (AvgIpc) is 1.59. The Morgan fingerprint density at radius 2 is 0.815 bits per heavy atom. The zero-order chi connectivity index (χ0) is 77.6. The van der Waals surface area contributed by atoms with Gasteiger partial charge in [0, 0.05) is 87.9 Å². The van der Waals surface area contributed by atoms with E-state index in [1.165, 1.54) is 24.3 Å². The van der Waals surface area contributed by atoms with E-state index in [1.54, 1.807) is 125 Å². The second-order valence-corrected chi connectivity index (χ2v) is 27.6. The number of rotatable bonds is 30. The summed E-state index contributed by atoms with van der Waals surface area (Å²) in [6, 6.07) is 62.8. The van der Waals surface area contributed by atoms with Crippen molar-refractivity contribution in [3.05, 3.63) is 269 Å². The van der Waals surface area contributed by atoms with Crippen molar-refractivity contribution in [3.8, 4) is 50.5 Å². The third-order valence-electron chi connectivity index (χ3n) is 17.3. The number of anilines is 2. The van der Waals surface area contributed by atoms with Crippen LogP contribution in [0.5, 0.6) is 5.75 Å². The maximum atomic E-state index is 14.0. The fourth-order valence-corrected chi connectivity index (χ4v) is 12.6. The molecule has 0 fully saturated rings. The molecular formula is C86H89CaClF2N4O14. The number of nitrogens with zero attached hydrogens (tertiary/aromatic N) is 2. The van der Waals surface area contributed by atoms with Crippen molar-refractivity contribution in [2.24, 2.45) is 0 Å². The van der Waals surface area contributed by atoms with E-state index in [1.807, 2.05) is 134 Å². The first-order chi connectivity index (χ1) is 51.0. The fraction of sp³-hybridized carbons (Fsp3) is 0.279. The van der Waals surface area contributed by atoms with Crippen LogP contribution in [-0.4, -0.2) is 139 Å². The number of aliphatic carboxylic acids is 2. The number of aromatic nitrogens is 2. The molecule has 108 heavy (non-hydrogen) atoms. The van der Waals surface area contributed by atoms with Gasteiger partial charge in [-0.25, -0.2) is 13.6 Å². The van der Waals surface area contributed by atoms with Gasteiger partial charge in [0.05, 0.1) is 53.0 Å². The van der Waals surface area contributed by atoms with E-state index in [4.69, 9.17) is 21.1 Å². The molecule has 0 aliphatic carbocycles. The van der Waals surface area contributed by atoms with Crippen molar-refractivity contribution in [1.82, 2.24) is 9.13 Å². The standard InChI is InChI=1S/2C33H35FN2O5.C20H21ClO4.Ca/c2*1-21(2)31-30(33(41)35-25-11-7-4-8-12-25)29(22-9-5-3-6-10-22)32(23-13-15-24(34)16-14-23)36(31)18-17-26(37)19-27(38)20-28(39)40;1-13(2)24-19(23)20(3,4)25-17-11-7-15(8-12-17)18(22)14-5-9-16(21)10-6-14;/h2*3-16,21,26-27,37-38H,17-20H2,1-2H3,(H,35,41)(H,39,40);5-13H,1-4H3;/q;;;+2/p-2/t2*26-,27-;;/m11../s1. The van der Waals surface area contributed by atoms with Gasteiger partial charge in [-0.15, -0.1) is 0 Å². The van der Waals surface area contributed by atoms with E-state index in [0.29, 0.717) is 78.0 Å². The van der Waals surface area contributed by atoms with Crippen molar-refractivity contribution in [1.29, 1.82) is 0 Å². The predicted molar refractivity (Wildman–Crippen MR) is 412 cm³/mol. The molecule has 0 bridgehead atoms. The number of para-hydroxylation sites is 2. The van der Waals surface area contributed by atoms with Gasteiger partial charge in [-0.1, -0.05) is 136 Å². The number of carbonyl (C=O) groups is 6. The number of hydrogen-bond donors (Lipinski definition) is 6. The maximum Gasteiger partial charge on any atom is 2.00 e. The summed E-state index contributed by atoms with van der Waals surface area (Å²) >= 11 is 5.84. The Hall–Kier alpha value is -9.61. The van der Waals surface area contributed by atoms with Crippen LogP contribution >= 0.6 is 11.6 Å². The zero-order valence-corrected chi connectivity index (χ0v) is 64.6. The topological polar surface area (TPSA) is 282 Å². The van der Waals surface area contributed by atoms with Crippen LogP contribution in [0.2, 0.25) is 5.02 Å². The molecule has 10 rings (SSSR count). The van der Waals surface area contributed by atoms with Crippen LogP contribution in [0.4, 0.5) is 20.2 Å². The number of hydrogen-bond acceptors (Lipinski definition) is 14. The number of carbonyl (C=O) groups excluding carboxylic acids is 6. The van der Waals surface area contributed by atoms with Crippen molar-refractivity contribution in [2.75, 3.05) is 10.6 Å². The number of esters is 1. The van der Waals surface area contributed by atoms with Gasteiger partial charge in [0.1, 0.15) is 17.4 Å². The van der Waals surface area contributed by atoms with Crippen LogP contribution in [-0.2, 0) is 32.2 Å². The van der Waals surface area contributed by atoms with E-state index in [2.05, 4.69) is 10.6 Å². The second kappa shape index (κ2) is 40.5. The molecule has 0 aliphatic heterocycles. The molecule has 2 aromatic heterocycles. The summed E-state index contributed by atoms with van der Waals surface area (Å²) in [6.07, 6.45) is -5.75. The normalized spacial score (nSPS) is 12.3. The molecule has 18 nitrogen and oxygen atoms in total. The third kappa shape index (κ3) is 23.9. The molecule has 0 aliphatic rings. The molecule has 0 radical (unpaired) electrons. The molecule has 0 saturated carbocycles. The molecule has 0 saturated heterocycles. The molecule has 8 aromatic carbocycles. The quantitative estimate of drug-likeness (QED) is 0.0139. The maximum absolute atomic E-state index is 14.0. The first-order valence-electron chi connectivity index (χ1n) is 35.3. The van der Waals surface area contributed by atoms with Crippen molar-refractivity contribution in [3.63, 3.8) is 0 Å². The Bertz CT molecular complexity index is 4370. The number of carboxylic acids is 2. The van der Waals surface area contributed by atoms with E-state index < -0.39 is 72.4 Å². The first kappa shape index (κ1) is 85.6. The van der Waals surface area contributed by atoms with Gasteiger partial charge in [0.25, 0.3) is 11.8 Å². The van der Waals surface area contributed by atoms with E-state index in [-0.39, 0.29) is 112 Å². The Balaban J connectivity index is 0.000000232. The second-order valence-electron chi connectivity index (χ2n) is 27.2. The SMILES string of the molecule is CC(C)OC(=O)C(C)(C)Oc1ccc(C(=O)c2ccc(Cl)cc2)cc1.CC(C)c1c(C(=O)Nc2ccccc2)c(-c2ccccc2)c(-c2ccc(F)cc2)n1CC[C@@H](O)C[C@@H](O)CC(=O)[O-].CC(C)c1c(C(=O)Nc2ccccc2)c(-c2ccccc2)c(-c2ccc(F)cc2)n1CC[C@@H](O)C[C@@H](O)CC(=O)[O-].[Ca+2]. The Labute approximate surface area is 663 Å². The van der Waals surface area contributed by atoms with Crippen molar-refractivity contribution in [2.45, 2.75) is 155 Å². The minimum absolute atomic E-state index is 0. The molecule has 2 amide bonds. The predicted octanol–water partition coefficient (Wildman–Crippen LogP) is 14.3. The molecular weight excluding hydrogens is 1430 g/mol. The summed E-state index contributed by atoms with van der Waals surface area (Å²) in [6.45, 7) is 15.3. The van der Waals surface area contributed by atoms with E-state index >= 15 is 0 Å². The van der Waals surface area contributed by atoms with Gasteiger partial charge in [0.2, 0.25) is 0 Å². The summed E-state index contributed by atoms with van der Waals surface area (Å²) in [4.78, 5) is 74.3. The number of ether oxygens (including phenoxy) is 2. The fourth-order valence-electron chi connectivity index (χ4n) is 12.5. The number of ketones is 1. The number of amides is 2. The summed E-state index contributed by atoms with van der Waals surface area (Å²) in [5.41, 5.74) is 9.39. The number of halogens is 3. The molecule has 2 heterocycles. The van der Waals surface area contributed by atoms with Crippen LogP contribution in [0.25, 0.3) is 44.8 Å². The van der Waals surface area contributed by atoms with Crippen LogP contribution in [0, 0.1) is 11.6 Å². The van der Waals surface area contributed by atoms with Crippen LogP contribution < -0.4 is 25.6 Å². The summed E-state index contributed by atoms with van der Waals surface area (Å²) in [7, 11) is 0. The number of benzene rings is 8. The molecule has 560 valence electrons. The molecule has 10 aromatic rings. The summed E-state index contributed by atoms with van der Waals surface area (Å²) < 4.78 is 42.9. The van der Waals surface area contributed by atoms with Crippen molar-refractivity contribution < 1.29 is 77.7 Å². The molecule has 0 spiro atoms. The number of nitrogens with one attached hydrogen (secondary N) is 2. The van der Waals surface area contributed by atoms with Crippen molar-refractivity contribution >= 4 is 96.2 Å². The smallest absolute Gasteiger partial charge is 0.550 e. The van der Waals surface area contributed by atoms with Gasteiger partial charge in [-0.05, 0) is 209 Å². The first-order valence-corrected chi connectivity index (χ1v) is 35.7. The molecule has 22 heteroatoms. The number of aliphatic hydroxyl groups excluding tert-OH is 4. The Morgan fingerprint density at radius 3 is 1.15 bits per heavy atom. The summed E-state index contributed by atoms with van der Waals surface area (Å²) in [5, 5.41) is 69.8. The van der Waals surface area contributed by atoms with Crippen LogP contribution in [0.1, 0.15) is 154 Å². The van der Waals surface area contributed by atoms with Gasteiger partial charge >= 0.3 is 43.7 Å². The third-order valence-corrected chi connectivity index (χ3v) is 17.5. The average molecular weight is 1520 g/mol. The van der Waals surface area contributed by atoms with Gasteiger partial charge in [-0.3, -0.25) is 14.4 Å². The minimum Gasteiger partial charge on any atom is -0.550 e. The van der Waals surface area contributed by atoms with E-state index in [0.717, 1.165) is 22.5 Å². The van der Waals surface area contributed by atoms with Gasteiger partial charge in [-0.2, -0.15) is 0 Å². The van der Waals surface area contributed by atoms with Gasteiger partial charge < -0.3 is 69.5 Å². The molecule has 0 unspecified atom stereocenters. The number of aliphatic hydroxyl groups is 4. The Kier molecular flexibility index (Phi) is 32.1. The number of carboxylic acid groups (broad SMARTS) is 2. The Morgan fingerprint density at radius 1 is 0.472 bits per heavy atom.